The van der Waals surface area contributed by atoms with Gasteiger partial charge in [-0.15, -0.1) is 0 Å². The lowest BCUT2D eigenvalue weighted by Gasteiger charge is -2.28. The predicted molar refractivity (Wildman–Crippen MR) is 72.2 cm³/mol. The highest BCUT2D eigenvalue weighted by molar-refractivity contribution is 4.96. The zero-order chi connectivity index (χ0) is 11.5. The SMILES string of the molecule is C1CCCC(NC2CCN3CCCC23)CCC1. The molecule has 3 fully saturated rings. The van der Waals surface area contributed by atoms with Crippen molar-refractivity contribution in [2.75, 3.05) is 13.1 Å². The number of nitrogens with one attached hydrogen (secondary N) is 1. The molecule has 0 aromatic heterocycles. The molecular formula is C15H28N2. The van der Waals surface area contributed by atoms with Gasteiger partial charge in [0.25, 0.3) is 0 Å². The Morgan fingerprint density at radius 1 is 0.706 bits per heavy atom. The molecule has 0 bridgehead atoms. The zero-order valence-electron chi connectivity index (χ0n) is 11.2. The summed E-state index contributed by atoms with van der Waals surface area (Å²) in [6.45, 7) is 2.72. The van der Waals surface area contributed by atoms with Crippen LogP contribution in [0.4, 0.5) is 0 Å². The van der Waals surface area contributed by atoms with E-state index in [2.05, 4.69) is 10.2 Å². The standard InChI is InChI=1S/C15H28N2/c1-2-4-7-13(8-5-3-1)16-14-10-12-17-11-6-9-15(14)17/h13-16H,1-12H2. The monoisotopic (exact) mass is 236 g/mol. The van der Waals surface area contributed by atoms with Crippen LogP contribution in [-0.2, 0) is 0 Å². The second-order valence-electron chi connectivity index (χ2n) is 6.35. The van der Waals surface area contributed by atoms with Crippen molar-refractivity contribution in [3.05, 3.63) is 0 Å². The predicted octanol–water partition coefficient (Wildman–Crippen LogP) is 2.93. The summed E-state index contributed by atoms with van der Waals surface area (Å²) in [6, 6.07) is 2.54. The summed E-state index contributed by atoms with van der Waals surface area (Å²) in [4.78, 5) is 2.72. The first-order chi connectivity index (χ1) is 8.43. The first-order valence-corrected chi connectivity index (χ1v) is 7.93. The maximum Gasteiger partial charge on any atom is 0.0250 e. The van der Waals surface area contributed by atoms with E-state index in [0.717, 1.165) is 18.1 Å². The van der Waals surface area contributed by atoms with Gasteiger partial charge in [0.2, 0.25) is 0 Å². The molecule has 0 spiro atoms. The minimum atomic E-state index is 0.821. The van der Waals surface area contributed by atoms with Gasteiger partial charge in [-0.2, -0.15) is 0 Å². The quantitative estimate of drug-likeness (QED) is 0.793. The lowest BCUT2D eigenvalue weighted by atomic mass is 9.95. The fourth-order valence-corrected chi connectivity index (χ4v) is 4.20. The van der Waals surface area contributed by atoms with Gasteiger partial charge in [0.1, 0.15) is 0 Å². The first kappa shape index (κ1) is 12.0. The van der Waals surface area contributed by atoms with Gasteiger partial charge in [-0.1, -0.05) is 32.1 Å². The number of rotatable bonds is 2. The van der Waals surface area contributed by atoms with Gasteiger partial charge in [-0.25, -0.2) is 0 Å². The number of fused-ring (bicyclic) bond motifs is 1. The molecule has 1 aliphatic carbocycles. The van der Waals surface area contributed by atoms with E-state index in [1.54, 1.807) is 0 Å². The maximum atomic E-state index is 4.02. The highest BCUT2D eigenvalue weighted by Gasteiger charge is 2.37. The molecule has 2 atom stereocenters. The molecule has 98 valence electrons. The molecule has 3 aliphatic rings. The summed E-state index contributed by atoms with van der Waals surface area (Å²) in [5, 5.41) is 4.02. The highest BCUT2D eigenvalue weighted by Crippen LogP contribution is 2.29. The smallest absolute Gasteiger partial charge is 0.0250 e. The molecule has 17 heavy (non-hydrogen) atoms. The molecule has 0 aromatic carbocycles. The van der Waals surface area contributed by atoms with E-state index in [0.29, 0.717) is 0 Å². The van der Waals surface area contributed by atoms with E-state index in [9.17, 15) is 0 Å². The average molecular weight is 236 g/mol. The number of hydrogen-bond donors (Lipinski definition) is 1. The van der Waals surface area contributed by atoms with Crippen LogP contribution in [0.5, 0.6) is 0 Å². The lowest BCUT2D eigenvalue weighted by molar-refractivity contribution is 0.275. The van der Waals surface area contributed by atoms with Crippen LogP contribution in [0.1, 0.15) is 64.2 Å². The summed E-state index contributed by atoms with van der Waals surface area (Å²) in [5.41, 5.74) is 0. The Morgan fingerprint density at radius 3 is 2.29 bits per heavy atom. The van der Waals surface area contributed by atoms with Crippen molar-refractivity contribution >= 4 is 0 Å². The minimum Gasteiger partial charge on any atom is -0.310 e. The van der Waals surface area contributed by atoms with Gasteiger partial charge >= 0.3 is 0 Å². The highest BCUT2D eigenvalue weighted by atomic mass is 15.2. The maximum absolute atomic E-state index is 4.02. The number of nitrogens with zero attached hydrogens (tertiary/aromatic N) is 1. The van der Waals surface area contributed by atoms with Gasteiger partial charge in [-0.3, -0.25) is 4.90 Å². The van der Waals surface area contributed by atoms with Crippen molar-refractivity contribution in [2.45, 2.75) is 82.3 Å². The van der Waals surface area contributed by atoms with Crippen molar-refractivity contribution in [2.24, 2.45) is 0 Å². The zero-order valence-corrected chi connectivity index (χ0v) is 11.2. The third kappa shape index (κ3) is 2.85. The normalized spacial score (nSPS) is 36.7. The molecule has 1 saturated carbocycles. The molecule has 2 heteroatoms. The average Bonchev–Trinajstić information content (AvgIpc) is 2.85. The van der Waals surface area contributed by atoms with Crippen LogP contribution >= 0.6 is 0 Å². The Balaban J connectivity index is 1.51. The Bertz CT molecular complexity index is 233. The molecule has 2 aliphatic heterocycles. The van der Waals surface area contributed by atoms with E-state index >= 15 is 0 Å². The van der Waals surface area contributed by atoms with Crippen LogP contribution in [0.15, 0.2) is 0 Å². The van der Waals surface area contributed by atoms with Crippen LogP contribution in [0.25, 0.3) is 0 Å². The molecule has 3 rings (SSSR count). The third-order valence-electron chi connectivity index (χ3n) is 5.16. The Hall–Kier alpha value is -0.0800. The van der Waals surface area contributed by atoms with E-state index in [1.165, 1.54) is 77.3 Å². The summed E-state index contributed by atoms with van der Waals surface area (Å²) in [7, 11) is 0. The van der Waals surface area contributed by atoms with Crippen molar-refractivity contribution in [3.63, 3.8) is 0 Å². The first-order valence-electron chi connectivity index (χ1n) is 7.93. The fourth-order valence-electron chi connectivity index (χ4n) is 4.20. The molecule has 0 radical (unpaired) electrons. The van der Waals surface area contributed by atoms with Gasteiger partial charge in [0.05, 0.1) is 0 Å². The molecule has 0 amide bonds. The van der Waals surface area contributed by atoms with Crippen LogP contribution < -0.4 is 5.32 Å². The van der Waals surface area contributed by atoms with Crippen LogP contribution in [0.3, 0.4) is 0 Å². The van der Waals surface area contributed by atoms with E-state index in [1.807, 2.05) is 0 Å². The van der Waals surface area contributed by atoms with Crippen molar-refractivity contribution < 1.29 is 0 Å². The summed E-state index contributed by atoms with van der Waals surface area (Å²) in [6.07, 6.45) is 14.5. The second kappa shape index (κ2) is 5.71. The summed E-state index contributed by atoms with van der Waals surface area (Å²) >= 11 is 0. The number of hydrogen-bond acceptors (Lipinski definition) is 2. The van der Waals surface area contributed by atoms with E-state index in [4.69, 9.17) is 0 Å². The molecule has 2 nitrogen and oxygen atoms in total. The Kier molecular flexibility index (Phi) is 4.02. The van der Waals surface area contributed by atoms with E-state index < -0.39 is 0 Å². The summed E-state index contributed by atoms with van der Waals surface area (Å²) in [5.74, 6) is 0. The molecule has 2 unspecified atom stereocenters. The molecular weight excluding hydrogens is 208 g/mol. The fraction of sp³-hybridized carbons (Fsp3) is 1.00. The molecule has 2 saturated heterocycles. The minimum absolute atomic E-state index is 0.821. The third-order valence-corrected chi connectivity index (χ3v) is 5.16. The molecule has 1 N–H and O–H groups in total. The van der Waals surface area contributed by atoms with Crippen molar-refractivity contribution in [1.82, 2.24) is 10.2 Å². The van der Waals surface area contributed by atoms with Gasteiger partial charge in [0, 0.05) is 24.7 Å². The molecule has 0 aromatic rings. The Labute approximate surface area is 106 Å². The molecule has 2 heterocycles. The van der Waals surface area contributed by atoms with Crippen molar-refractivity contribution in [3.8, 4) is 0 Å². The second-order valence-corrected chi connectivity index (χ2v) is 6.35. The van der Waals surface area contributed by atoms with Crippen LogP contribution in [0.2, 0.25) is 0 Å². The van der Waals surface area contributed by atoms with Gasteiger partial charge in [0.15, 0.2) is 0 Å². The van der Waals surface area contributed by atoms with E-state index in [-0.39, 0.29) is 0 Å². The summed E-state index contributed by atoms with van der Waals surface area (Å²) < 4.78 is 0. The lowest BCUT2D eigenvalue weighted by Crippen LogP contribution is -2.44. The van der Waals surface area contributed by atoms with Crippen LogP contribution in [-0.4, -0.2) is 36.1 Å². The Morgan fingerprint density at radius 2 is 1.47 bits per heavy atom. The largest absolute Gasteiger partial charge is 0.310 e. The van der Waals surface area contributed by atoms with Gasteiger partial charge in [-0.05, 0) is 38.6 Å². The van der Waals surface area contributed by atoms with Crippen LogP contribution in [0, 0.1) is 0 Å². The van der Waals surface area contributed by atoms with Gasteiger partial charge < -0.3 is 5.32 Å². The van der Waals surface area contributed by atoms with Crippen molar-refractivity contribution in [1.29, 1.82) is 0 Å². The topological polar surface area (TPSA) is 15.3 Å².